The van der Waals surface area contributed by atoms with Crippen LogP contribution in [0.5, 0.6) is 0 Å². The summed E-state index contributed by atoms with van der Waals surface area (Å²) < 4.78 is 13.9. The Morgan fingerprint density at radius 2 is 1.71 bits per heavy atom. The molecule has 2 saturated heterocycles. The summed E-state index contributed by atoms with van der Waals surface area (Å²) in [7, 11) is 1.78. The second-order valence-electron chi connectivity index (χ2n) is 12.1. The van der Waals surface area contributed by atoms with Crippen LogP contribution in [-0.4, -0.2) is 63.1 Å². The summed E-state index contributed by atoms with van der Waals surface area (Å²) in [6.07, 6.45) is 3.07. The van der Waals surface area contributed by atoms with Gasteiger partial charge in [-0.05, 0) is 69.9 Å². The van der Waals surface area contributed by atoms with E-state index in [1.807, 2.05) is 64.1 Å². The smallest absolute Gasteiger partial charge is 0.330 e. The second-order valence-corrected chi connectivity index (χ2v) is 12.1. The first-order chi connectivity index (χ1) is 20.0. The monoisotopic (exact) mass is 574 g/mol. The largest absolute Gasteiger partial charge is 0.367 e. The van der Waals surface area contributed by atoms with E-state index in [-0.39, 0.29) is 29.8 Å². The molecule has 0 saturated carbocycles. The summed E-state index contributed by atoms with van der Waals surface area (Å²) in [6, 6.07) is 17.6. The van der Waals surface area contributed by atoms with Crippen LogP contribution < -0.4 is 5.32 Å². The third kappa shape index (κ3) is 6.29. The number of hydrogen-bond donors (Lipinski definition) is 1. The number of halogens is 1. The number of carbonyl (C=O) groups is 2. The van der Waals surface area contributed by atoms with Gasteiger partial charge in [-0.3, -0.25) is 9.80 Å². The fourth-order valence-corrected chi connectivity index (χ4v) is 5.64. The highest BCUT2D eigenvalue weighted by Crippen LogP contribution is 2.45. The molecule has 2 aliphatic rings. The first kappa shape index (κ1) is 29.6. The van der Waals surface area contributed by atoms with Gasteiger partial charge in [-0.25, -0.2) is 24.2 Å². The zero-order valence-electron chi connectivity index (χ0n) is 24.8. The van der Waals surface area contributed by atoms with E-state index in [1.54, 1.807) is 35.4 Å². The molecule has 3 heterocycles. The SMILES string of the molecule is CC(Nc1nccc(C2C(c3ccc(F)cc3)C(=O)N(C)N2C2CCN(OC(=O)C(C)(C)C)CC2)n1)c1ccccc1. The molecule has 3 unspecified atom stereocenters. The molecule has 10 heteroatoms. The van der Waals surface area contributed by atoms with E-state index >= 15 is 0 Å². The number of amides is 1. The number of hydroxylamine groups is 2. The number of piperidine rings is 1. The van der Waals surface area contributed by atoms with E-state index in [2.05, 4.69) is 15.3 Å². The van der Waals surface area contributed by atoms with Gasteiger partial charge in [-0.2, -0.15) is 0 Å². The molecule has 3 aromatic rings. The Morgan fingerprint density at radius 1 is 1.05 bits per heavy atom. The van der Waals surface area contributed by atoms with E-state index in [1.165, 1.54) is 12.1 Å². The highest BCUT2D eigenvalue weighted by Gasteiger charge is 2.50. The lowest BCUT2D eigenvalue weighted by atomic mass is 9.88. The number of carbonyl (C=O) groups excluding carboxylic acids is 2. The number of aromatic nitrogens is 2. The minimum atomic E-state index is -0.595. The van der Waals surface area contributed by atoms with E-state index in [4.69, 9.17) is 9.82 Å². The number of likely N-dealkylation sites (N-methyl/N-ethyl adjacent to an activating group) is 1. The fourth-order valence-electron chi connectivity index (χ4n) is 5.64. The van der Waals surface area contributed by atoms with Crippen molar-refractivity contribution in [2.75, 3.05) is 25.5 Å². The van der Waals surface area contributed by atoms with Crippen LogP contribution in [0.15, 0.2) is 66.9 Å². The highest BCUT2D eigenvalue weighted by molar-refractivity contribution is 5.86. The van der Waals surface area contributed by atoms with Gasteiger partial charge in [0.2, 0.25) is 11.9 Å². The predicted octanol–water partition coefficient (Wildman–Crippen LogP) is 5.27. The van der Waals surface area contributed by atoms with Crippen molar-refractivity contribution in [1.82, 2.24) is 25.0 Å². The van der Waals surface area contributed by atoms with Crippen molar-refractivity contribution in [3.05, 3.63) is 89.5 Å². The maximum Gasteiger partial charge on any atom is 0.330 e. The first-order valence-electron chi connectivity index (χ1n) is 14.5. The minimum absolute atomic E-state index is 0.00592. The van der Waals surface area contributed by atoms with Gasteiger partial charge in [0.15, 0.2) is 0 Å². The molecule has 0 bridgehead atoms. The quantitative estimate of drug-likeness (QED) is 0.408. The van der Waals surface area contributed by atoms with Crippen molar-refractivity contribution in [3.8, 4) is 0 Å². The Labute approximate surface area is 246 Å². The topological polar surface area (TPSA) is 90.9 Å². The molecular formula is C32H39FN6O3. The summed E-state index contributed by atoms with van der Waals surface area (Å²) in [5.41, 5.74) is 1.93. The van der Waals surface area contributed by atoms with E-state index in [0.29, 0.717) is 37.6 Å². The van der Waals surface area contributed by atoms with Crippen LogP contribution in [0.2, 0.25) is 0 Å². The van der Waals surface area contributed by atoms with Crippen molar-refractivity contribution in [3.63, 3.8) is 0 Å². The van der Waals surface area contributed by atoms with Crippen LogP contribution in [0.3, 0.4) is 0 Å². The Bertz CT molecular complexity index is 1390. The molecule has 0 radical (unpaired) electrons. The number of nitrogens with zero attached hydrogens (tertiary/aromatic N) is 5. The molecule has 5 rings (SSSR count). The molecule has 1 aromatic heterocycles. The average molecular weight is 575 g/mol. The van der Waals surface area contributed by atoms with Crippen molar-refractivity contribution in [2.24, 2.45) is 5.41 Å². The Kier molecular flexibility index (Phi) is 8.56. The maximum atomic E-state index is 13.9. The molecule has 2 aromatic carbocycles. The predicted molar refractivity (Wildman–Crippen MR) is 157 cm³/mol. The summed E-state index contributed by atoms with van der Waals surface area (Å²) in [5.74, 6) is -0.825. The minimum Gasteiger partial charge on any atom is -0.367 e. The molecule has 42 heavy (non-hydrogen) atoms. The van der Waals surface area contributed by atoms with Crippen LogP contribution in [0.25, 0.3) is 0 Å². The summed E-state index contributed by atoms with van der Waals surface area (Å²) >= 11 is 0. The number of hydrogen-bond acceptors (Lipinski definition) is 8. The van der Waals surface area contributed by atoms with E-state index in [9.17, 15) is 14.0 Å². The van der Waals surface area contributed by atoms with Crippen LogP contribution in [0, 0.1) is 11.2 Å². The Balaban J connectivity index is 1.43. The third-order valence-corrected chi connectivity index (χ3v) is 8.01. The number of nitrogens with one attached hydrogen (secondary N) is 1. The standard InChI is InChI=1S/C32H39FN6O3/c1-21(22-9-7-6-8-10-22)35-31-34-18-15-26(36-31)28-27(23-11-13-24(33)14-12-23)29(40)37(5)39(28)25-16-19-38(20-17-25)42-30(41)32(2,3)4/h6-15,18,21,25,27-28H,16-17,19-20H2,1-5H3,(H,34,35,36). The molecule has 0 spiro atoms. The van der Waals surface area contributed by atoms with Crippen molar-refractivity contribution >= 4 is 17.8 Å². The van der Waals surface area contributed by atoms with Crippen molar-refractivity contribution in [2.45, 2.75) is 64.6 Å². The van der Waals surface area contributed by atoms with Gasteiger partial charge in [0, 0.05) is 32.4 Å². The molecule has 0 aliphatic carbocycles. The summed E-state index contributed by atoms with van der Waals surface area (Å²) in [5, 5.41) is 8.89. The molecule has 2 aliphatic heterocycles. The van der Waals surface area contributed by atoms with Gasteiger partial charge in [-0.15, -0.1) is 5.06 Å². The number of hydrazine groups is 1. The van der Waals surface area contributed by atoms with Gasteiger partial charge in [0.1, 0.15) is 5.82 Å². The highest BCUT2D eigenvalue weighted by atomic mass is 19.1. The lowest BCUT2D eigenvalue weighted by molar-refractivity contribution is -0.209. The van der Waals surface area contributed by atoms with Gasteiger partial charge in [0.25, 0.3) is 0 Å². The first-order valence-corrected chi connectivity index (χ1v) is 14.5. The lowest BCUT2D eigenvalue weighted by Crippen LogP contribution is -2.50. The molecule has 1 N–H and O–H groups in total. The molecule has 1 amide bonds. The normalized spacial score (nSPS) is 21.4. The zero-order chi connectivity index (χ0) is 30.0. The zero-order valence-corrected chi connectivity index (χ0v) is 24.8. The van der Waals surface area contributed by atoms with E-state index in [0.717, 1.165) is 11.1 Å². The Morgan fingerprint density at radius 3 is 2.36 bits per heavy atom. The van der Waals surface area contributed by atoms with Crippen LogP contribution in [-0.2, 0) is 14.4 Å². The lowest BCUT2D eigenvalue weighted by Gasteiger charge is -2.41. The van der Waals surface area contributed by atoms with Crippen molar-refractivity contribution in [1.29, 1.82) is 0 Å². The van der Waals surface area contributed by atoms with Gasteiger partial charge in [-0.1, -0.05) is 42.5 Å². The molecular weight excluding hydrogens is 535 g/mol. The molecule has 222 valence electrons. The molecule has 9 nitrogen and oxygen atoms in total. The summed E-state index contributed by atoms with van der Waals surface area (Å²) in [6.45, 7) is 8.63. The van der Waals surface area contributed by atoms with Crippen molar-refractivity contribution < 1.29 is 18.8 Å². The number of anilines is 1. The summed E-state index contributed by atoms with van der Waals surface area (Å²) in [4.78, 5) is 41.3. The second kappa shape index (κ2) is 12.1. The fraction of sp³-hybridized carbons (Fsp3) is 0.438. The Hall–Kier alpha value is -3.89. The van der Waals surface area contributed by atoms with Crippen LogP contribution in [0.4, 0.5) is 10.3 Å². The average Bonchev–Trinajstić information content (AvgIpc) is 3.24. The van der Waals surface area contributed by atoms with Gasteiger partial charge in [0.05, 0.1) is 29.1 Å². The van der Waals surface area contributed by atoms with Crippen LogP contribution in [0.1, 0.15) is 75.4 Å². The van der Waals surface area contributed by atoms with Crippen LogP contribution >= 0.6 is 0 Å². The number of benzene rings is 2. The van der Waals surface area contributed by atoms with Gasteiger partial charge >= 0.3 is 5.97 Å². The molecule has 2 fully saturated rings. The number of rotatable bonds is 7. The molecule has 3 atom stereocenters. The maximum absolute atomic E-state index is 13.9. The van der Waals surface area contributed by atoms with Gasteiger partial charge < -0.3 is 10.2 Å². The van der Waals surface area contributed by atoms with E-state index < -0.39 is 17.4 Å². The third-order valence-electron chi connectivity index (χ3n) is 8.01.